The number of amides is 1. The SMILES string of the molecule is CC(O)(CCc1ccccc1)CNC(=O)c1ccc(-c2ccccc2)cc1. The predicted molar refractivity (Wildman–Crippen MR) is 110 cm³/mol. The molecule has 0 aliphatic heterocycles. The summed E-state index contributed by atoms with van der Waals surface area (Å²) in [5, 5.41) is 13.4. The molecule has 0 aromatic heterocycles. The molecule has 0 saturated carbocycles. The average molecular weight is 359 g/mol. The van der Waals surface area contributed by atoms with Gasteiger partial charge in [0.2, 0.25) is 0 Å². The summed E-state index contributed by atoms with van der Waals surface area (Å²) in [5.74, 6) is -0.172. The zero-order valence-electron chi connectivity index (χ0n) is 15.6. The van der Waals surface area contributed by atoms with Gasteiger partial charge in [-0.1, -0.05) is 72.8 Å². The van der Waals surface area contributed by atoms with Gasteiger partial charge in [-0.05, 0) is 48.6 Å². The molecule has 3 aromatic rings. The molecule has 3 aromatic carbocycles. The highest BCUT2D eigenvalue weighted by atomic mass is 16.3. The van der Waals surface area contributed by atoms with Gasteiger partial charge in [0.25, 0.3) is 5.91 Å². The van der Waals surface area contributed by atoms with Gasteiger partial charge in [-0.25, -0.2) is 0 Å². The molecule has 3 heteroatoms. The molecule has 0 aliphatic rings. The molecule has 1 unspecified atom stereocenters. The van der Waals surface area contributed by atoms with Crippen LogP contribution in [0.5, 0.6) is 0 Å². The van der Waals surface area contributed by atoms with Crippen LogP contribution in [-0.4, -0.2) is 23.2 Å². The normalized spacial score (nSPS) is 13.0. The Labute approximate surface area is 160 Å². The van der Waals surface area contributed by atoms with Gasteiger partial charge in [-0.3, -0.25) is 4.79 Å². The van der Waals surface area contributed by atoms with Crippen LogP contribution in [0.15, 0.2) is 84.9 Å². The molecule has 1 amide bonds. The van der Waals surface area contributed by atoms with Crippen molar-refractivity contribution in [3.8, 4) is 11.1 Å². The molecule has 1 atom stereocenters. The summed E-state index contributed by atoms with van der Waals surface area (Å²) in [5.41, 5.74) is 3.01. The Kier molecular flexibility index (Phi) is 6.05. The quantitative estimate of drug-likeness (QED) is 0.654. The Bertz CT molecular complexity index is 856. The lowest BCUT2D eigenvalue weighted by Crippen LogP contribution is -2.41. The molecule has 0 aliphatic carbocycles. The highest BCUT2D eigenvalue weighted by Crippen LogP contribution is 2.19. The molecule has 138 valence electrons. The summed E-state index contributed by atoms with van der Waals surface area (Å²) >= 11 is 0. The van der Waals surface area contributed by atoms with Crippen molar-refractivity contribution in [2.45, 2.75) is 25.4 Å². The molecule has 0 fully saturated rings. The highest BCUT2D eigenvalue weighted by molar-refractivity contribution is 5.94. The minimum absolute atomic E-state index is 0.172. The van der Waals surface area contributed by atoms with E-state index in [2.05, 4.69) is 5.32 Å². The highest BCUT2D eigenvalue weighted by Gasteiger charge is 2.21. The van der Waals surface area contributed by atoms with Crippen molar-refractivity contribution in [1.29, 1.82) is 0 Å². The van der Waals surface area contributed by atoms with Crippen molar-refractivity contribution in [2.24, 2.45) is 0 Å². The molecule has 0 bridgehead atoms. The fourth-order valence-electron chi connectivity index (χ4n) is 2.96. The number of carbonyl (C=O) groups excluding carboxylic acids is 1. The lowest BCUT2D eigenvalue weighted by atomic mass is 9.96. The number of carbonyl (C=O) groups is 1. The zero-order valence-corrected chi connectivity index (χ0v) is 15.6. The van der Waals surface area contributed by atoms with E-state index in [1.807, 2.05) is 84.9 Å². The largest absolute Gasteiger partial charge is 0.388 e. The lowest BCUT2D eigenvalue weighted by Gasteiger charge is -2.23. The van der Waals surface area contributed by atoms with Gasteiger partial charge in [0.15, 0.2) is 0 Å². The zero-order chi connectivity index (χ0) is 19.1. The van der Waals surface area contributed by atoms with Gasteiger partial charge in [-0.15, -0.1) is 0 Å². The van der Waals surface area contributed by atoms with Gasteiger partial charge in [0.05, 0.1) is 5.60 Å². The number of hydrogen-bond acceptors (Lipinski definition) is 2. The molecule has 3 rings (SSSR count). The summed E-state index contributed by atoms with van der Waals surface area (Å²) < 4.78 is 0. The van der Waals surface area contributed by atoms with Crippen molar-refractivity contribution >= 4 is 5.91 Å². The minimum Gasteiger partial charge on any atom is -0.388 e. The fraction of sp³-hybridized carbons (Fsp3) is 0.208. The number of hydrogen-bond donors (Lipinski definition) is 2. The second-order valence-corrected chi connectivity index (χ2v) is 7.11. The Morgan fingerprint density at radius 2 is 1.41 bits per heavy atom. The van der Waals surface area contributed by atoms with Crippen LogP contribution in [-0.2, 0) is 6.42 Å². The molecule has 0 heterocycles. The number of rotatable bonds is 7. The topological polar surface area (TPSA) is 49.3 Å². The van der Waals surface area contributed by atoms with Crippen LogP contribution in [0.1, 0.15) is 29.3 Å². The van der Waals surface area contributed by atoms with Gasteiger partial charge in [-0.2, -0.15) is 0 Å². The van der Waals surface area contributed by atoms with Crippen LogP contribution in [0.4, 0.5) is 0 Å². The van der Waals surface area contributed by atoms with Gasteiger partial charge < -0.3 is 10.4 Å². The van der Waals surface area contributed by atoms with Gasteiger partial charge >= 0.3 is 0 Å². The first-order valence-electron chi connectivity index (χ1n) is 9.23. The molecular formula is C24H25NO2. The van der Waals surface area contributed by atoms with Crippen LogP contribution in [0.3, 0.4) is 0 Å². The molecule has 27 heavy (non-hydrogen) atoms. The summed E-state index contributed by atoms with van der Waals surface area (Å²) in [7, 11) is 0. The Morgan fingerprint density at radius 1 is 0.852 bits per heavy atom. The first kappa shape index (κ1) is 18.9. The van der Waals surface area contributed by atoms with Crippen molar-refractivity contribution in [2.75, 3.05) is 6.54 Å². The summed E-state index contributed by atoms with van der Waals surface area (Å²) in [6, 6.07) is 27.6. The second-order valence-electron chi connectivity index (χ2n) is 7.11. The van der Waals surface area contributed by atoms with E-state index in [0.717, 1.165) is 17.5 Å². The predicted octanol–water partition coefficient (Wildman–Crippen LogP) is 4.47. The Morgan fingerprint density at radius 3 is 2.04 bits per heavy atom. The van der Waals surface area contributed by atoms with Crippen LogP contribution < -0.4 is 5.32 Å². The standard InChI is InChI=1S/C24H25NO2/c1-24(27,17-16-19-8-4-2-5-9-19)18-25-23(26)22-14-12-21(13-15-22)20-10-6-3-7-11-20/h2-15,27H,16-18H2,1H3,(H,25,26). The first-order chi connectivity index (χ1) is 13.0. The van der Waals surface area contributed by atoms with Crippen LogP contribution >= 0.6 is 0 Å². The first-order valence-corrected chi connectivity index (χ1v) is 9.23. The van der Waals surface area contributed by atoms with E-state index >= 15 is 0 Å². The van der Waals surface area contributed by atoms with Gasteiger partial charge in [0, 0.05) is 12.1 Å². The third-order valence-corrected chi connectivity index (χ3v) is 4.68. The van der Waals surface area contributed by atoms with Crippen LogP contribution in [0.25, 0.3) is 11.1 Å². The second kappa shape index (κ2) is 8.65. The van der Waals surface area contributed by atoms with Crippen molar-refractivity contribution in [3.63, 3.8) is 0 Å². The fourth-order valence-corrected chi connectivity index (χ4v) is 2.96. The van der Waals surface area contributed by atoms with E-state index in [-0.39, 0.29) is 12.5 Å². The third kappa shape index (κ3) is 5.53. The van der Waals surface area contributed by atoms with E-state index in [1.165, 1.54) is 5.56 Å². The molecule has 2 N–H and O–H groups in total. The van der Waals surface area contributed by atoms with E-state index in [4.69, 9.17) is 0 Å². The summed E-state index contributed by atoms with van der Waals surface area (Å²) in [6.45, 7) is 1.98. The number of nitrogens with one attached hydrogen (secondary N) is 1. The van der Waals surface area contributed by atoms with E-state index < -0.39 is 5.60 Å². The monoisotopic (exact) mass is 359 g/mol. The molecule has 0 spiro atoms. The maximum atomic E-state index is 12.4. The number of aliphatic hydroxyl groups is 1. The molecule has 3 nitrogen and oxygen atoms in total. The minimum atomic E-state index is -0.949. The van der Waals surface area contributed by atoms with E-state index in [1.54, 1.807) is 6.92 Å². The summed E-state index contributed by atoms with van der Waals surface area (Å²) in [6.07, 6.45) is 1.36. The third-order valence-electron chi connectivity index (χ3n) is 4.68. The van der Waals surface area contributed by atoms with E-state index in [0.29, 0.717) is 12.0 Å². The number of aryl methyl sites for hydroxylation is 1. The smallest absolute Gasteiger partial charge is 0.251 e. The van der Waals surface area contributed by atoms with Crippen LogP contribution in [0.2, 0.25) is 0 Å². The molecule has 0 saturated heterocycles. The maximum Gasteiger partial charge on any atom is 0.251 e. The van der Waals surface area contributed by atoms with E-state index in [9.17, 15) is 9.90 Å². The van der Waals surface area contributed by atoms with Crippen molar-refractivity contribution in [1.82, 2.24) is 5.32 Å². The summed E-state index contributed by atoms with van der Waals surface area (Å²) in [4.78, 5) is 12.4. The Balaban J connectivity index is 1.53. The van der Waals surface area contributed by atoms with Gasteiger partial charge in [0.1, 0.15) is 0 Å². The molecule has 0 radical (unpaired) electrons. The molecular weight excluding hydrogens is 334 g/mol. The maximum absolute atomic E-state index is 12.4. The van der Waals surface area contributed by atoms with Crippen LogP contribution in [0, 0.1) is 0 Å². The van der Waals surface area contributed by atoms with Crippen molar-refractivity contribution < 1.29 is 9.90 Å². The average Bonchev–Trinajstić information content (AvgIpc) is 2.72. The van der Waals surface area contributed by atoms with Crippen molar-refractivity contribution in [3.05, 3.63) is 96.1 Å². The Hall–Kier alpha value is -2.91. The lowest BCUT2D eigenvalue weighted by molar-refractivity contribution is 0.0478. The number of benzene rings is 3.